The summed E-state index contributed by atoms with van der Waals surface area (Å²) in [6.45, 7) is 4.72. The van der Waals surface area contributed by atoms with Crippen molar-refractivity contribution in [2.75, 3.05) is 27.7 Å². The van der Waals surface area contributed by atoms with Crippen molar-refractivity contribution in [3.8, 4) is 0 Å². The van der Waals surface area contributed by atoms with Crippen LogP contribution in [0, 0.1) is 0 Å². The molecule has 0 aliphatic rings. The quantitative estimate of drug-likeness (QED) is 0.585. The van der Waals surface area contributed by atoms with E-state index in [1.807, 2.05) is 13.8 Å². The molecule has 0 radical (unpaired) electrons. The van der Waals surface area contributed by atoms with Crippen molar-refractivity contribution >= 4 is 0 Å². The molecule has 2 heteroatoms. The Morgan fingerprint density at radius 3 is 1.70 bits per heavy atom. The van der Waals surface area contributed by atoms with E-state index in [0.717, 1.165) is 17.4 Å². The van der Waals surface area contributed by atoms with Gasteiger partial charge in [-0.1, -0.05) is 0 Å². The van der Waals surface area contributed by atoms with Crippen molar-refractivity contribution in [1.82, 2.24) is 0 Å². The Kier molecular flexibility index (Phi) is 2.86. The highest BCUT2D eigenvalue weighted by molar-refractivity contribution is 4.63. The Morgan fingerprint density at radius 1 is 1.20 bits per heavy atom. The first-order chi connectivity index (χ1) is 4.21. The van der Waals surface area contributed by atoms with Crippen molar-refractivity contribution in [2.24, 2.45) is 0 Å². The van der Waals surface area contributed by atoms with Gasteiger partial charge in [-0.15, -0.1) is 0 Å². The van der Waals surface area contributed by atoms with Gasteiger partial charge in [0.2, 0.25) is 0 Å². The Hall–Kier alpha value is -0.0800. The summed E-state index contributed by atoms with van der Waals surface area (Å²) in [5.41, 5.74) is -0.508. The maximum atomic E-state index is 9.37. The van der Waals surface area contributed by atoms with Gasteiger partial charge in [0.1, 0.15) is 0 Å². The number of nitrogens with zero attached hydrogens (tertiary/aromatic N) is 1. The molecule has 0 saturated heterocycles. The Labute approximate surface area is 64.1 Å². The van der Waals surface area contributed by atoms with E-state index in [9.17, 15) is 5.11 Å². The van der Waals surface area contributed by atoms with Crippen LogP contribution >= 0.6 is 0 Å². The van der Waals surface area contributed by atoms with E-state index >= 15 is 0 Å². The second kappa shape index (κ2) is 2.89. The Bertz CT molecular complexity index is 82.8. The van der Waals surface area contributed by atoms with Gasteiger partial charge >= 0.3 is 0 Å². The van der Waals surface area contributed by atoms with Crippen LogP contribution in [-0.2, 0) is 0 Å². The van der Waals surface area contributed by atoms with Crippen LogP contribution in [0.5, 0.6) is 0 Å². The monoisotopic (exact) mass is 146 g/mol. The van der Waals surface area contributed by atoms with Gasteiger partial charge in [0.05, 0.1) is 33.3 Å². The summed E-state index contributed by atoms with van der Waals surface area (Å²) in [6.07, 6.45) is 0.858. The summed E-state index contributed by atoms with van der Waals surface area (Å²) in [4.78, 5) is 0. The standard InChI is InChI=1S/C8H20NO/c1-8(2,10)6-7-9(3,4)5/h10H,6-7H2,1-5H3/q+1. The van der Waals surface area contributed by atoms with Gasteiger partial charge in [0, 0.05) is 6.42 Å². The minimum Gasteiger partial charge on any atom is -0.390 e. The molecule has 0 aliphatic heterocycles. The average molecular weight is 146 g/mol. The van der Waals surface area contributed by atoms with Crippen LogP contribution in [0.2, 0.25) is 0 Å². The summed E-state index contributed by atoms with van der Waals surface area (Å²) in [6, 6.07) is 0. The molecular weight excluding hydrogens is 126 g/mol. The third-order valence-electron chi connectivity index (χ3n) is 1.39. The highest BCUT2D eigenvalue weighted by atomic mass is 16.3. The van der Waals surface area contributed by atoms with Crippen molar-refractivity contribution in [3.05, 3.63) is 0 Å². The highest BCUT2D eigenvalue weighted by Gasteiger charge is 2.17. The van der Waals surface area contributed by atoms with Crippen LogP contribution in [0.1, 0.15) is 20.3 Å². The van der Waals surface area contributed by atoms with Crippen LogP contribution in [0.25, 0.3) is 0 Å². The molecule has 0 unspecified atom stereocenters. The van der Waals surface area contributed by atoms with Gasteiger partial charge < -0.3 is 9.59 Å². The first kappa shape index (κ1) is 9.92. The maximum absolute atomic E-state index is 9.37. The normalized spacial score (nSPS) is 13.8. The highest BCUT2D eigenvalue weighted by Crippen LogP contribution is 2.08. The predicted molar refractivity (Wildman–Crippen MR) is 43.8 cm³/mol. The fourth-order valence-corrected chi connectivity index (χ4v) is 0.609. The molecule has 0 atom stereocenters. The maximum Gasteiger partial charge on any atom is 0.0808 e. The van der Waals surface area contributed by atoms with Crippen molar-refractivity contribution < 1.29 is 9.59 Å². The summed E-state index contributed by atoms with van der Waals surface area (Å²) < 4.78 is 0.921. The molecule has 0 spiro atoms. The number of hydrogen-bond acceptors (Lipinski definition) is 1. The van der Waals surface area contributed by atoms with Gasteiger partial charge in [-0.25, -0.2) is 0 Å². The molecule has 0 saturated carbocycles. The van der Waals surface area contributed by atoms with E-state index < -0.39 is 5.60 Å². The van der Waals surface area contributed by atoms with E-state index in [0.29, 0.717) is 0 Å². The molecule has 0 bridgehead atoms. The largest absolute Gasteiger partial charge is 0.390 e. The smallest absolute Gasteiger partial charge is 0.0808 e. The van der Waals surface area contributed by atoms with Crippen LogP contribution < -0.4 is 0 Å². The SMILES string of the molecule is CC(C)(O)CC[N+](C)(C)C. The lowest BCUT2D eigenvalue weighted by Gasteiger charge is -2.27. The van der Waals surface area contributed by atoms with Crippen molar-refractivity contribution in [1.29, 1.82) is 0 Å². The molecule has 1 N–H and O–H groups in total. The minimum atomic E-state index is -0.508. The second-order valence-electron chi connectivity index (χ2n) is 4.58. The predicted octanol–water partition coefficient (Wildman–Crippen LogP) is 0.854. The lowest BCUT2D eigenvalue weighted by molar-refractivity contribution is -0.871. The minimum absolute atomic E-state index is 0.508. The zero-order valence-corrected chi connectivity index (χ0v) is 7.81. The third-order valence-corrected chi connectivity index (χ3v) is 1.39. The molecule has 0 aliphatic carbocycles. The van der Waals surface area contributed by atoms with Gasteiger partial charge in [0.15, 0.2) is 0 Å². The van der Waals surface area contributed by atoms with Crippen LogP contribution in [0.15, 0.2) is 0 Å². The summed E-state index contributed by atoms with van der Waals surface area (Å²) in [5.74, 6) is 0. The third kappa shape index (κ3) is 7.92. The van der Waals surface area contributed by atoms with Crippen LogP contribution in [-0.4, -0.2) is 42.9 Å². The van der Waals surface area contributed by atoms with E-state index in [4.69, 9.17) is 0 Å². The lowest BCUT2D eigenvalue weighted by Crippen LogP contribution is -2.39. The summed E-state index contributed by atoms with van der Waals surface area (Å²) >= 11 is 0. The lowest BCUT2D eigenvalue weighted by atomic mass is 10.1. The molecule has 0 rings (SSSR count). The first-order valence-corrected chi connectivity index (χ1v) is 3.74. The summed E-state index contributed by atoms with van der Waals surface area (Å²) in [5, 5.41) is 9.37. The van der Waals surface area contributed by atoms with Gasteiger partial charge in [0.25, 0.3) is 0 Å². The molecule has 62 valence electrons. The molecule has 2 nitrogen and oxygen atoms in total. The second-order valence-corrected chi connectivity index (χ2v) is 4.58. The molecule has 0 heterocycles. The number of aliphatic hydroxyl groups is 1. The number of quaternary nitrogens is 1. The topological polar surface area (TPSA) is 20.2 Å². The zero-order valence-electron chi connectivity index (χ0n) is 7.81. The van der Waals surface area contributed by atoms with Crippen LogP contribution in [0.4, 0.5) is 0 Å². The van der Waals surface area contributed by atoms with E-state index in [2.05, 4.69) is 21.1 Å². The van der Waals surface area contributed by atoms with Crippen molar-refractivity contribution in [3.63, 3.8) is 0 Å². The van der Waals surface area contributed by atoms with Gasteiger partial charge in [-0.3, -0.25) is 0 Å². The molecule has 0 aromatic rings. The zero-order chi connectivity index (χ0) is 8.41. The van der Waals surface area contributed by atoms with E-state index in [1.54, 1.807) is 0 Å². The molecular formula is C8H20NO+. The molecule has 0 aromatic heterocycles. The Morgan fingerprint density at radius 2 is 1.60 bits per heavy atom. The molecule has 0 aromatic carbocycles. The fourth-order valence-electron chi connectivity index (χ4n) is 0.609. The number of rotatable bonds is 3. The van der Waals surface area contributed by atoms with Crippen molar-refractivity contribution in [2.45, 2.75) is 25.9 Å². The van der Waals surface area contributed by atoms with E-state index in [1.165, 1.54) is 0 Å². The summed E-state index contributed by atoms with van der Waals surface area (Å²) in [7, 11) is 6.39. The number of hydrogen-bond donors (Lipinski definition) is 1. The molecule has 0 amide bonds. The fraction of sp³-hybridized carbons (Fsp3) is 1.00. The van der Waals surface area contributed by atoms with Gasteiger partial charge in [-0.2, -0.15) is 0 Å². The first-order valence-electron chi connectivity index (χ1n) is 3.74. The average Bonchev–Trinajstić information content (AvgIpc) is 1.57. The van der Waals surface area contributed by atoms with Gasteiger partial charge in [-0.05, 0) is 13.8 Å². The Balaban J connectivity index is 3.56. The molecule has 10 heavy (non-hydrogen) atoms. The van der Waals surface area contributed by atoms with E-state index in [-0.39, 0.29) is 0 Å². The van der Waals surface area contributed by atoms with Crippen LogP contribution in [0.3, 0.4) is 0 Å². The molecule has 0 fully saturated rings.